The highest BCUT2D eigenvalue weighted by Crippen LogP contribution is 2.23. The average Bonchev–Trinajstić information content (AvgIpc) is 2.52. The van der Waals surface area contributed by atoms with Crippen molar-refractivity contribution in [1.29, 1.82) is 0 Å². The quantitative estimate of drug-likeness (QED) is 0.805. The molecule has 24 heavy (non-hydrogen) atoms. The lowest BCUT2D eigenvalue weighted by atomic mass is 10.1. The number of phenols is 1. The first-order chi connectivity index (χ1) is 11.3. The fourth-order valence-electron chi connectivity index (χ4n) is 1.82. The maximum atomic E-state index is 12.1. The Morgan fingerprint density at radius 2 is 2.00 bits per heavy atom. The summed E-state index contributed by atoms with van der Waals surface area (Å²) < 4.78 is 5.06. The van der Waals surface area contributed by atoms with Crippen molar-refractivity contribution in [2.75, 3.05) is 5.32 Å². The molecule has 1 aromatic carbocycles. The fraction of sp³-hybridized carbons (Fsp3) is 0.188. The minimum Gasteiger partial charge on any atom is -0.507 e. The monoisotopic (exact) mass is 368 g/mol. The number of pyridine rings is 1. The van der Waals surface area contributed by atoms with Crippen molar-refractivity contribution in [2.24, 2.45) is 0 Å². The van der Waals surface area contributed by atoms with Gasteiger partial charge in [0.15, 0.2) is 11.9 Å². The van der Waals surface area contributed by atoms with Crippen LogP contribution in [-0.2, 0) is 9.53 Å². The van der Waals surface area contributed by atoms with Crippen LogP contribution in [0.4, 0.5) is 5.82 Å². The molecule has 0 radical (unpaired) electrons. The van der Waals surface area contributed by atoms with Gasteiger partial charge in [0, 0.05) is 6.20 Å². The lowest BCUT2D eigenvalue weighted by molar-refractivity contribution is -0.123. The second-order valence-corrected chi connectivity index (χ2v) is 5.88. The number of carbonyl (C=O) groups is 2. The SMILES string of the molecule is Cc1ccc(O)c(C(=O)O[C@@H](C)C(=O)Nc2ncc(Cl)cc2Cl)c1. The maximum Gasteiger partial charge on any atom is 0.342 e. The van der Waals surface area contributed by atoms with Crippen molar-refractivity contribution in [2.45, 2.75) is 20.0 Å². The largest absolute Gasteiger partial charge is 0.507 e. The van der Waals surface area contributed by atoms with E-state index in [1.165, 1.54) is 31.3 Å². The number of ether oxygens (including phenoxy) is 1. The second-order valence-electron chi connectivity index (χ2n) is 5.04. The summed E-state index contributed by atoms with van der Waals surface area (Å²) in [7, 11) is 0. The summed E-state index contributed by atoms with van der Waals surface area (Å²) in [6.45, 7) is 3.16. The van der Waals surface area contributed by atoms with Gasteiger partial charge in [0.1, 0.15) is 11.3 Å². The third kappa shape index (κ3) is 4.37. The lowest BCUT2D eigenvalue weighted by Crippen LogP contribution is -2.30. The second kappa shape index (κ2) is 7.51. The van der Waals surface area contributed by atoms with Crippen molar-refractivity contribution < 1.29 is 19.4 Å². The van der Waals surface area contributed by atoms with Gasteiger partial charge in [-0.25, -0.2) is 9.78 Å². The van der Waals surface area contributed by atoms with Gasteiger partial charge in [0.05, 0.1) is 10.0 Å². The third-order valence-electron chi connectivity index (χ3n) is 3.07. The zero-order valence-electron chi connectivity index (χ0n) is 12.8. The van der Waals surface area contributed by atoms with E-state index in [9.17, 15) is 14.7 Å². The number of esters is 1. The Morgan fingerprint density at radius 1 is 1.29 bits per heavy atom. The molecule has 1 atom stereocenters. The number of aryl methyl sites for hydroxylation is 1. The normalized spacial score (nSPS) is 11.7. The van der Waals surface area contributed by atoms with Gasteiger partial charge in [-0.1, -0.05) is 34.8 Å². The average molecular weight is 369 g/mol. The molecule has 0 saturated heterocycles. The van der Waals surface area contributed by atoms with Crippen LogP contribution in [0.2, 0.25) is 10.0 Å². The van der Waals surface area contributed by atoms with Gasteiger partial charge in [-0.15, -0.1) is 0 Å². The molecule has 0 aliphatic heterocycles. The first-order valence-corrected chi connectivity index (χ1v) is 7.66. The molecule has 0 aliphatic carbocycles. The Balaban J connectivity index is 2.05. The Hall–Kier alpha value is -2.31. The minimum absolute atomic E-state index is 0.0164. The molecule has 0 fully saturated rings. The Morgan fingerprint density at radius 3 is 2.67 bits per heavy atom. The molecule has 0 unspecified atom stereocenters. The number of halogens is 2. The van der Waals surface area contributed by atoms with Gasteiger partial charge in [-0.05, 0) is 32.0 Å². The smallest absolute Gasteiger partial charge is 0.342 e. The predicted molar refractivity (Wildman–Crippen MR) is 90.6 cm³/mol. The Labute approximate surface area is 148 Å². The number of amides is 1. The van der Waals surface area contributed by atoms with E-state index < -0.39 is 18.0 Å². The number of nitrogens with one attached hydrogen (secondary N) is 1. The molecule has 126 valence electrons. The van der Waals surface area contributed by atoms with Crippen molar-refractivity contribution in [1.82, 2.24) is 4.98 Å². The summed E-state index contributed by atoms with van der Waals surface area (Å²) in [5.41, 5.74) is 0.756. The fourth-order valence-corrected chi connectivity index (χ4v) is 2.24. The van der Waals surface area contributed by atoms with Crippen molar-refractivity contribution in [3.05, 3.63) is 51.6 Å². The molecule has 1 aromatic heterocycles. The Bertz CT molecular complexity index is 796. The number of rotatable bonds is 4. The zero-order chi connectivity index (χ0) is 17.9. The highest BCUT2D eigenvalue weighted by Gasteiger charge is 2.22. The molecule has 6 nitrogen and oxygen atoms in total. The van der Waals surface area contributed by atoms with Gasteiger partial charge in [-0.3, -0.25) is 4.79 Å². The first kappa shape index (κ1) is 18.0. The molecule has 2 rings (SSSR count). The number of carbonyl (C=O) groups excluding carboxylic acids is 2. The van der Waals surface area contributed by atoms with E-state index in [-0.39, 0.29) is 22.2 Å². The molecular weight excluding hydrogens is 355 g/mol. The zero-order valence-corrected chi connectivity index (χ0v) is 14.4. The molecule has 2 aromatic rings. The van der Waals surface area contributed by atoms with E-state index in [0.29, 0.717) is 5.02 Å². The van der Waals surface area contributed by atoms with Gasteiger partial charge >= 0.3 is 5.97 Å². The van der Waals surface area contributed by atoms with Crippen LogP contribution in [0.5, 0.6) is 5.75 Å². The van der Waals surface area contributed by atoms with Gasteiger partial charge in [0.2, 0.25) is 0 Å². The molecule has 0 bridgehead atoms. The van der Waals surface area contributed by atoms with E-state index in [2.05, 4.69) is 10.3 Å². The molecule has 8 heteroatoms. The summed E-state index contributed by atoms with van der Waals surface area (Å²) in [5, 5.41) is 12.6. The van der Waals surface area contributed by atoms with Crippen LogP contribution >= 0.6 is 23.2 Å². The molecule has 0 spiro atoms. The highest BCUT2D eigenvalue weighted by molar-refractivity contribution is 6.36. The number of hydrogen-bond donors (Lipinski definition) is 2. The van der Waals surface area contributed by atoms with E-state index in [0.717, 1.165) is 5.56 Å². The first-order valence-electron chi connectivity index (χ1n) is 6.90. The highest BCUT2D eigenvalue weighted by atomic mass is 35.5. The van der Waals surface area contributed by atoms with Crippen LogP contribution in [0.15, 0.2) is 30.5 Å². The van der Waals surface area contributed by atoms with Crippen molar-refractivity contribution >= 4 is 40.9 Å². The van der Waals surface area contributed by atoms with E-state index >= 15 is 0 Å². The van der Waals surface area contributed by atoms with Crippen LogP contribution < -0.4 is 5.32 Å². The van der Waals surface area contributed by atoms with Crippen LogP contribution in [0, 0.1) is 6.92 Å². The minimum atomic E-state index is -1.12. The van der Waals surface area contributed by atoms with E-state index in [1.54, 1.807) is 13.0 Å². The van der Waals surface area contributed by atoms with Gasteiger partial charge in [0.25, 0.3) is 5.91 Å². The summed E-state index contributed by atoms with van der Waals surface area (Å²) in [4.78, 5) is 28.0. The van der Waals surface area contributed by atoms with Crippen molar-refractivity contribution in [3.63, 3.8) is 0 Å². The number of phenolic OH excluding ortho intramolecular Hbond substituents is 1. The molecule has 0 saturated carbocycles. The molecule has 1 amide bonds. The topological polar surface area (TPSA) is 88.5 Å². The molecular formula is C16H14Cl2N2O4. The lowest BCUT2D eigenvalue weighted by Gasteiger charge is -2.14. The molecule has 1 heterocycles. The standard InChI is InChI=1S/C16H14Cl2N2O4/c1-8-3-4-13(21)11(5-8)16(23)24-9(2)15(22)20-14-12(18)6-10(17)7-19-14/h3-7,9,21H,1-2H3,(H,19,20,22)/t9-/m0/s1. The summed E-state index contributed by atoms with van der Waals surface area (Å²) in [6, 6.07) is 5.93. The van der Waals surface area contributed by atoms with Crippen LogP contribution in [-0.4, -0.2) is 28.1 Å². The summed E-state index contributed by atoms with van der Waals surface area (Å²) >= 11 is 11.6. The predicted octanol–water partition coefficient (Wildman–Crippen LogP) is 3.59. The molecule has 0 aliphatic rings. The van der Waals surface area contributed by atoms with Crippen LogP contribution in [0.25, 0.3) is 0 Å². The summed E-state index contributed by atoms with van der Waals surface area (Å²) in [5.74, 6) is -1.55. The number of hydrogen-bond acceptors (Lipinski definition) is 5. The Kier molecular flexibility index (Phi) is 5.64. The van der Waals surface area contributed by atoms with Gasteiger partial charge < -0.3 is 15.2 Å². The number of nitrogens with zero attached hydrogens (tertiary/aromatic N) is 1. The molecule has 2 N–H and O–H groups in total. The van der Waals surface area contributed by atoms with Gasteiger partial charge in [-0.2, -0.15) is 0 Å². The van der Waals surface area contributed by atoms with E-state index in [1.807, 2.05) is 0 Å². The number of aromatic hydroxyl groups is 1. The van der Waals surface area contributed by atoms with Crippen molar-refractivity contribution in [3.8, 4) is 5.75 Å². The number of benzene rings is 1. The third-order valence-corrected chi connectivity index (χ3v) is 3.57. The maximum absolute atomic E-state index is 12.1. The van der Waals surface area contributed by atoms with E-state index in [4.69, 9.17) is 27.9 Å². The number of aromatic nitrogens is 1. The van der Waals surface area contributed by atoms with Crippen LogP contribution in [0.1, 0.15) is 22.8 Å². The summed E-state index contributed by atoms with van der Waals surface area (Å²) in [6.07, 6.45) is 0.204. The van der Waals surface area contributed by atoms with Crippen LogP contribution in [0.3, 0.4) is 0 Å². The number of anilines is 1.